The maximum atomic E-state index is 13.3. The molecular weight excluding hydrogens is 428 g/mol. The average Bonchev–Trinajstić information content (AvgIpc) is 3.60. The van der Waals surface area contributed by atoms with Gasteiger partial charge in [0.05, 0.1) is 25.4 Å². The van der Waals surface area contributed by atoms with Crippen LogP contribution < -0.4 is 5.32 Å². The molecule has 182 valence electrons. The third-order valence-electron chi connectivity index (χ3n) is 9.34. The quantitative estimate of drug-likeness (QED) is 0.631. The first-order chi connectivity index (χ1) is 16.5. The van der Waals surface area contributed by atoms with Crippen LogP contribution in [0.4, 0.5) is 5.69 Å². The van der Waals surface area contributed by atoms with Crippen LogP contribution in [0.1, 0.15) is 43.2 Å². The molecule has 7 nitrogen and oxygen atoms in total. The molecule has 2 N–H and O–H groups in total. The molecular formula is C27H36N4O3. The third kappa shape index (κ3) is 3.67. The zero-order valence-electron chi connectivity index (χ0n) is 20.0. The fourth-order valence-electron chi connectivity index (χ4n) is 7.39. The smallest absolute Gasteiger partial charge is 0.223 e. The highest BCUT2D eigenvalue weighted by Gasteiger charge is 2.67. The molecule has 6 rings (SSSR count). The Labute approximate surface area is 202 Å². The van der Waals surface area contributed by atoms with Crippen molar-refractivity contribution >= 4 is 11.6 Å². The number of fused-ring (bicyclic) bond motifs is 1. The van der Waals surface area contributed by atoms with E-state index in [4.69, 9.17) is 11.3 Å². The standard InChI is InChI=1S/C27H36N4O3/c1-28-22-5-4-20-14-24-27(33)17-21(25(32)29-7-9-30-10-12-34-13-11-30)16-26(27,23(20)15-22)6-8-31(24)18-19-2-3-19/h4-5,15,19,21,24,33H,2-3,6-14,16-18H2,(H,29,32)/t21?,24-,26-,27-/m1/s1. The molecule has 0 spiro atoms. The van der Waals surface area contributed by atoms with E-state index in [0.717, 1.165) is 70.3 Å². The van der Waals surface area contributed by atoms with Gasteiger partial charge in [0.1, 0.15) is 0 Å². The van der Waals surface area contributed by atoms with Crippen LogP contribution in [0.5, 0.6) is 0 Å². The van der Waals surface area contributed by atoms with Crippen molar-refractivity contribution < 1.29 is 14.6 Å². The van der Waals surface area contributed by atoms with Gasteiger partial charge < -0.3 is 15.2 Å². The number of carbonyl (C=O) groups is 1. The first-order valence-corrected chi connectivity index (χ1v) is 13.1. The molecule has 2 saturated heterocycles. The van der Waals surface area contributed by atoms with E-state index in [2.05, 4.69) is 26.0 Å². The van der Waals surface area contributed by atoms with Crippen molar-refractivity contribution in [3.63, 3.8) is 0 Å². The number of carbonyl (C=O) groups excluding carboxylic acids is 1. The van der Waals surface area contributed by atoms with Gasteiger partial charge >= 0.3 is 0 Å². The van der Waals surface area contributed by atoms with Crippen molar-refractivity contribution in [1.29, 1.82) is 0 Å². The lowest BCUT2D eigenvalue weighted by Crippen LogP contribution is -2.69. The first kappa shape index (κ1) is 22.5. The van der Waals surface area contributed by atoms with Crippen molar-refractivity contribution in [2.45, 2.75) is 55.6 Å². The molecule has 1 amide bonds. The zero-order chi connectivity index (χ0) is 23.3. The van der Waals surface area contributed by atoms with E-state index >= 15 is 0 Å². The van der Waals surface area contributed by atoms with Crippen LogP contribution in [0.25, 0.3) is 4.85 Å². The van der Waals surface area contributed by atoms with Gasteiger partial charge in [-0.05, 0) is 62.1 Å². The molecule has 2 heterocycles. The lowest BCUT2D eigenvalue weighted by atomic mass is 9.56. The summed E-state index contributed by atoms with van der Waals surface area (Å²) in [6.45, 7) is 14.4. The molecule has 4 fully saturated rings. The second kappa shape index (κ2) is 8.60. The maximum absolute atomic E-state index is 13.3. The first-order valence-electron chi connectivity index (χ1n) is 13.1. The number of ether oxygens (including phenoxy) is 1. The summed E-state index contributed by atoms with van der Waals surface area (Å²) in [6, 6.07) is 6.09. The molecule has 2 saturated carbocycles. The number of morpholine rings is 1. The van der Waals surface area contributed by atoms with Gasteiger partial charge in [-0.25, -0.2) is 4.85 Å². The van der Waals surface area contributed by atoms with Gasteiger partial charge in [0, 0.05) is 50.1 Å². The van der Waals surface area contributed by atoms with Crippen molar-refractivity contribution in [1.82, 2.24) is 15.1 Å². The molecule has 7 heteroatoms. The molecule has 2 bridgehead atoms. The summed E-state index contributed by atoms with van der Waals surface area (Å²) in [5, 5.41) is 15.6. The second-order valence-corrected chi connectivity index (χ2v) is 11.2. The number of nitrogens with one attached hydrogen (secondary N) is 1. The Hall–Kier alpha value is -1.98. The Kier molecular flexibility index (Phi) is 5.69. The predicted octanol–water partition coefficient (Wildman–Crippen LogP) is 2.11. The third-order valence-corrected chi connectivity index (χ3v) is 9.34. The molecule has 1 aromatic rings. The molecule has 1 aromatic carbocycles. The van der Waals surface area contributed by atoms with Crippen LogP contribution >= 0.6 is 0 Å². The Morgan fingerprint density at radius 1 is 1.24 bits per heavy atom. The Bertz CT molecular complexity index is 998. The maximum Gasteiger partial charge on any atom is 0.223 e. The molecule has 4 atom stereocenters. The highest BCUT2D eigenvalue weighted by Crippen LogP contribution is 2.62. The molecule has 1 unspecified atom stereocenters. The molecule has 0 aromatic heterocycles. The topological polar surface area (TPSA) is 69.4 Å². The van der Waals surface area contributed by atoms with E-state index in [1.807, 2.05) is 12.1 Å². The highest BCUT2D eigenvalue weighted by atomic mass is 16.5. The highest BCUT2D eigenvalue weighted by molar-refractivity contribution is 5.80. The van der Waals surface area contributed by atoms with Crippen LogP contribution in [0, 0.1) is 18.4 Å². The van der Waals surface area contributed by atoms with E-state index in [-0.39, 0.29) is 17.9 Å². The summed E-state index contributed by atoms with van der Waals surface area (Å²) < 4.78 is 5.42. The van der Waals surface area contributed by atoms with E-state index in [0.29, 0.717) is 25.1 Å². The number of likely N-dealkylation sites (tertiary alicyclic amines) is 1. The molecule has 34 heavy (non-hydrogen) atoms. The van der Waals surface area contributed by atoms with Gasteiger partial charge in [0.2, 0.25) is 5.91 Å². The summed E-state index contributed by atoms with van der Waals surface area (Å²) in [5.41, 5.74) is 1.68. The van der Waals surface area contributed by atoms with E-state index in [1.165, 1.54) is 18.4 Å². The number of nitrogens with zero attached hydrogens (tertiary/aromatic N) is 3. The lowest BCUT2D eigenvalue weighted by molar-refractivity contribution is -0.134. The fraction of sp³-hybridized carbons (Fsp3) is 0.704. The Balaban J connectivity index is 1.25. The van der Waals surface area contributed by atoms with Gasteiger partial charge in [0.25, 0.3) is 0 Å². The molecule has 0 radical (unpaired) electrons. The summed E-state index contributed by atoms with van der Waals surface area (Å²) in [7, 11) is 0. The Morgan fingerprint density at radius 2 is 2.06 bits per heavy atom. The van der Waals surface area contributed by atoms with Crippen molar-refractivity contribution in [3.05, 3.63) is 40.7 Å². The SMILES string of the molecule is [C-]#[N+]c1ccc2c(c1)[C@]13CCN(CC4CC4)[C@H](C2)[C@]1(O)CC(C(=O)NCCN1CCOCC1)C3. The molecule has 5 aliphatic rings. The minimum atomic E-state index is -0.917. The van der Waals surface area contributed by atoms with Gasteiger partial charge in [-0.2, -0.15) is 0 Å². The lowest BCUT2D eigenvalue weighted by Gasteiger charge is -2.59. The van der Waals surface area contributed by atoms with Crippen LogP contribution in [0.15, 0.2) is 18.2 Å². The monoisotopic (exact) mass is 464 g/mol. The van der Waals surface area contributed by atoms with Crippen LogP contribution in [0.2, 0.25) is 0 Å². The Morgan fingerprint density at radius 3 is 2.82 bits per heavy atom. The number of amides is 1. The number of piperidine rings is 1. The van der Waals surface area contributed by atoms with Gasteiger partial charge in [-0.3, -0.25) is 14.6 Å². The van der Waals surface area contributed by atoms with Crippen molar-refractivity contribution in [3.8, 4) is 0 Å². The van der Waals surface area contributed by atoms with Gasteiger partial charge in [0.15, 0.2) is 5.69 Å². The summed E-state index contributed by atoms with van der Waals surface area (Å²) in [6.07, 6.45) is 5.46. The number of hydrogen-bond acceptors (Lipinski definition) is 5. The van der Waals surface area contributed by atoms with Crippen molar-refractivity contribution in [2.24, 2.45) is 11.8 Å². The summed E-state index contributed by atoms with van der Waals surface area (Å²) in [4.78, 5) is 21.9. The second-order valence-electron chi connectivity index (χ2n) is 11.2. The van der Waals surface area contributed by atoms with E-state index in [1.54, 1.807) is 0 Å². The minimum absolute atomic E-state index is 0.0549. The fourth-order valence-corrected chi connectivity index (χ4v) is 7.39. The van der Waals surface area contributed by atoms with E-state index in [9.17, 15) is 9.90 Å². The average molecular weight is 465 g/mol. The van der Waals surface area contributed by atoms with E-state index < -0.39 is 11.0 Å². The summed E-state index contributed by atoms with van der Waals surface area (Å²) >= 11 is 0. The number of aliphatic hydroxyl groups is 1. The van der Waals surface area contributed by atoms with Crippen LogP contribution in [-0.4, -0.2) is 84.9 Å². The summed E-state index contributed by atoms with van der Waals surface area (Å²) in [5.74, 6) is 0.649. The largest absolute Gasteiger partial charge is 0.387 e. The predicted molar refractivity (Wildman–Crippen MR) is 129 cm³/mol. The van der Waals surface area contributed by atoms with Crippen LogP contribution in [0.3, 0.4) is 0 Å². The normalized spacial score (nSPS) is 35.3. The van der Waals surface area contributed by atoms with Crippen LogP contribution in [-0.2, 0) is 21.4 Å². The van der Waals surface area contributed by atoms with Crippen molar-refractivity contribution in [2.75, 3.05) is 52.5 Å². The minimum Gasteiger partial charge on any atom is -0.387 e. The van der Waals surface area contributed by atoms with Gasteiger partial charge in [-0.1, -0.05) is 18.2 Å². The number of benzene rings is 1. The van der Waals surface area contributed by atoms with Gasteiger partial charge in [-0.15, -0.1) is 0 Å². The molecule has 2 aliphatic heterocycles. The number of rotatable bonds is 6. The molecule has 3 aliphatic carbocycles. The zero-order valence-corrected chi connectivity index (χ0v) is 20.0. The number of hydrogen-bond donors (Lipinski definition) is 2.